The molecule has 1 heterocycles. The van der Waals surface area contributed by atoms with Gasteiger partial charge in [0, 0.05) is 19.6 Å². The molecule has 1 amide bonds. The van der Waals surface area contributed by atoms with Crippen LogP contribution in [-0.4, -0.2) is 52.4 Å². The summed E-state index contributed by atoms with van der Waals surface area (Å²) in [7, 11) is 0. The summed E-state index contributed by atoms with van der Waals surface area (Å²) in [6, 6.07) is 4.34. The number of phenols is 2. The highest BCUT2D eigenvalue weighted by molar-refractivity contribution is 5.97. The van der Waals surface area contributed by atoms with Crippen molar-refractivity contribution in [3.05, 3.63) is 23.8 Å². The van der Waals surface area contributed by atoms with Crippen molar-refractivity contribution < 1.29 is 19.7 Å². The number of aromatic hydroxyl groups is 2. The van der Waals surface area contributed by atoms with Gasteiger partial charge in [0.1, 0.15) is 0 Å². The number of nitrogens with two attached hydrogens (primary N) is 1. The van der Waals surface area contributed by atoms with Gasteiger partial charge in [-0.15, -0.1) is 0 Å². The third-order valence-electron chi connectivity index (χ3n) is 3.28. The van der Waals surface area contributed by atoms with E-state index in [-0.39, 0.29) is 23.3 Å². The van der Waals surface area contributed by atoms with Crippen molar-refractivity contribution in [2.75, 3.05) is 19.6 Å². The van der Waals surface area contributed by atoms with Crippen molar-refractivity contribution in [2.24, 2.45) is 5.73 Å². The highest BCUT2D eigenvalue weighted by atomic mass is 16.5. The number of hydrogen-bond donors (Lipinski definition) is 3. The Labute approximate surface area is 117 Å². The van der Waals surface area contributed by atoms with E-state index in [0.29, 0.717) is 19.6 Å². The topological polar surface area (TPSA) is 96.0 Å². The van der Waals surface area contributed by atoms with E-state index >= 15 is 0 Å². The van der Waals surface area contributed by atoms with Gasteiger partial charge >= 0.3 is 0 Å². The number of ether oxygens (including phenoxy) is 1. The number of amides is 1. The zero-order valence-electron chi connectivity index (χ0n) is 11.7. The van der Waals surface area contributed by atoms with Gasteiger partial charge in [-0.1, -0.05) is 6.07 Å². The van der Waals surface area contributed by atoms with Crippen LogP contribution in [0.1, 0.15) is 24.2 Å². The first-order valence-electron chi connectivity index (χ1n) is 6.52. The third kappa shape index (κ3) is 2.86. The number of rotatable bonds is 2. The first-order chi connectivity index (χ1) is 9.34. The Hall–Kier alpha value is -1.79. The smallest absolute Gasteiger partial charge is 0.257 e. The average molecular weight is 280 g/mol. The van der Waals surface area contributed by atoms with Gasteiger partial charge in [-0.2, -0.15) is 0 Å². The van der Waals surface area contributed by atoms with Crippen molar-refractivity contribution in [2.45, 2.75) is 25.6 Å². The van der Waals surface area contributed by atoms with E-state index in [4.69, 9.17) is 10.5 Å². The molecule has 0 aliphatic carbocycles. The van der Waals surface area contributed by atoms with E-state index in [0.717, 1.165) is 0 Å². The number of para-hydroxylation sites is 1. The summed E-state index contributed by atoms with van der Waals surface area (Å²) < 4.78 is 5.76. The van der Waals surface area contributed by atoms with Crippen molar-refractivity contribution in [1.82, 2.24) is 4.90 Å². The van der Waals surface area contributed by atoms with Gasteiger partial charge in [-0.05, 0) is 26.0 Å². The van der Waals surface area contributed by atoms with Gasteiger partial charge in [0.2, 0.25) is 0 Å². The van der Waals surface area contributed by atoms with E-state index in [1.165, 1.54) is 18.2 Å². The third-order valence-corrected chi connectivity index (χ3v) is 3.28. The van der Waals surface area contributed by atoms with E-state index in [9.17, 15) is 15.0 Å². The highest BCUT2D eigenvalue weighted by Gasteiger charge is 2.36. The molecule has 1 aliphatic heterocycles. The fraction of sp³-hybridized carbons (Fsp3) is 0.500. The Balaban J connectivity index is 2.26. The Kier molecular flexibility index (Phi) is 3.87. The Morgan fingerprint density at radius 3 is 2.85 bits per heavy atom. The normalized spacial score (nSPS) is 21.8. The van der Waals surface area contributed by atoms with Crippen LogP contribution in [0, 0.1) is 0 Å². The molecule has 4 N–H and O–H groups in total. The van der Waals surface area contributed by atoms with Gasteiger partial charge in [0.05, 0.1) is 17.3 Å². The molecular formula is C14H20N2O4. The number of phenolic OH excluding ortho intramolecular Hbond substituents is 2. The number of hydrogen-bond acceptors (Lipinski definition) is 5. The summed E-state index contributed by atoms with van der Waals surface area (Å²) in [5.74, 6) is -1.04. The fourth-order valence-electron chi connectivity index (χ4n) is 2.45. The van der Waals surface area contributed by atoms with Gasteiger partial charge < -0.3 is 25.6 Å². The van der Waals surface area contributed by atoms with Crippen LogP contribution in [0.3, 0.4) is 0 Å². The van der Waals surface area contributed by atoms with Gasteiger partial charge in [-0.25, -0.2) is 0 Å². The predicted molar refractivity (Wildman–Crippen MR) is 73.7 cm³/mol. The van der Waals surface area contributed by atoms with Crippen LogP contribution < -0.4 is 5.73 Å². The second kappa shape index (κ2) is 5.30. The van der Waals surface area contributed by atoms with Crippen molar-refractivity contribution >= 4 is 5.91 Å². The van der Waals surface area contributed by atoms with Crippen molar-refractivity contribution in [1.29, 1.82) is 0 Å². The molecule has 6 nitrogen and oxygen atoms in total. The predicted octanol–water partition coefficient (Wildman–Crippen LogP) is 0.676. The maximum Gasteiger partial charge on any atom is 0.257 e. The molecule has 6 heteroatoms. The van der Waals surface area contributed by atoms with E-state index in [1.807, 2.05) is 13.8 Å². The van der Waals surface area contributed by atoms with Gasteiger partial charge in [0.25, 0.3) is 5.91 Å². The molecule has 1 atom stereocenters. The molecule has 1 unspecified atom stereocenters. The van der Waals surface area contributed by atoms with Crippen LogP contribution in [0.5, 0.6) is 11.5 Å². The number of morpholine rings is 1. The minimum absolute atomic E-state index is 0.0819. The van der Waals surface area contributed by atoms with E-state index in [2.05, 4.69) is 0 Å². The molecule has 1 aliphatic rings. The van der Waals surface area contributed by atoms with Crippen LogP contribution in [-0.2, 0) is 4.74 Å². The first kappa shape index (κ1) is 14.6. The van der Waals surface area contributed by atoms with Crippen LogP contribution in [0.4, 0.5) is 0 Å². The van der Waals surface area contributed by atoms with Crippen LogP contribution in [0.15, 0.2) is 18.2 Å². The number of carbonyl (C=O) groups is 1. The van der Waals surface area contributed by atoms with Gasteiger partial charge in [0.15, 0.2) is 11.5 Å². The molecule has 1 saturated heterocycles. The lowest BCUT2D eigenvalue weighted by atomic mass is 10.0. The molecule has 20 heavy (non-hydrogen) atoms. The molecule has 0 radical (unpaired) electrons. The number of nitrogens with zero attached hydrogens (tertiary/aromatic N) is 1. The van der Waals surface area contributed by atoms with E-state index < -0.39 is 11.4 Å². The lowest BCUT2D eigenvalue weighted by Gasteiger charge is -2.42. The maximum atomic E-state index is 12.5. The minimum Gasteiger partial charge on any atom is -0.504 e. The summed E-state index contributed by atoms with van der Waals surface area (Å²) >= 11 is 0. The molecule has 1 aromatic carbocycles. The first-order valence-corrected chi connectivity index (χ1v) is 6.52. The Bertz CT molecular complexity index is 516. The lowest BCUT2D eigenvalue weighted by molar-refractivity contribution is -0.122. The SMILES string of the molecule is CC1(C)CN(C(=O)c2cccc(O)c2O)CC(CN)O1. The number of carbonyl (C=O) groups excluding carboxylic acids is 1. The Morgan fingerprint density at radius 1 is 1.50 bits per heavy atom. The molecule has 0 aromatic heterocycles. The summed E-state index contributed by atoms with van der Waals surface area (Å²) in [6.07, 6.45) is -0.234. The summed E-state index contributed by atoms with van der Waals surface area (Å²) in [5.41, 5.74) is 5.21. The Morgan fingerprint density at radius 2 is 2.20 bits per heavy atom. The van der Waals surface area contributed by atoms with Crippen molar-refractivity contribution in [3.63, 3.8) is 0 Å². The molecule has 1 fully saturated rings. The van der Waals surface area contributed by atoms with Crippen LogP contribution in [0.25, 0.3) is 0 Å². The second-order valence-electron chi connectivity index (χ2n) is 5.59. The van der Waals surface area contributed by atoms with Crippen LogP contribution >= 0.6 is 0 Å². The minimum atomic E-state index is -0.496. The lowest BCUT2D eigenvalue weighted by Crippen LogP contribution is -2.56. The molecule has 2 rings (SSSR count). The average Bonchev–Trinajstić information content (AvgIpc) is 2.39. The summed E-state index contributed by atoms with van der Waals surface area (Å²) in [6.45, 7) is 4.86. The largest absolute Gasteiger partial charge is 0.504 e. The highest BCUT2D eigenvalue weighted by Crippen LogP contribution is 2.30. The van der Waals surface area contributed by atoms with Crippen LogP contribution in [0.2, 0.25) is 0 Å². The molecule has 0 bridgehead atoms. The van der Waals surface area contributed by atoms with Gasteiger partial charge in [-0.3, -0.25) is 4.79 Å². The number of benzene rings is 1. The molecule has 0 saturated carbocycles. The van der Waals surface area contributed by atoms with Crippen molar-refractivity contribution in [3.8, 4) is 11.5 Å². The maximum absolute atomic E-state index is 12.5. The standard InChI is InChI=1S/C14H20N2O4/c1-14(2)8-16(7-9(6-15)20-14)13(19)10-4-3-5-11(17)12(10)18/h3-5,9,17-18H,6-8,15H2,1-2H3. The zero-order chi connectivity index (χ0) is 14.9. The van der Waals surface area contributed by atoms with E-state index in [1.54, 1.807) is 4.90 Å². The molecule has 1 aromatic rings. The molecule has 0 spiro atoms. The molecular weight excluding hydrogens is 260 g/mol. The monoisotopic (exact) mass is 280 g/mol. The fourth-order valence-corrected chi connectivity index (χ4v) is 2.45. The summed E-state index contributed by atoms with van der Waals surface area (Å²) in [5, 5.41) is 19.3. The summed E-state index contributed by atoms with van der Waals surface area (Å²) in [4.78, 5) is 14.1. The molecule has 110 valence electrons. The zero-order valence-corrected chi connectivity index (χ0v) is 11.7. The quantitative estimate of drug-likeness (QED) is 0.692. The second-order valence-corrected chi connectivity index (χ2v) is 5.59.